The van der Waals surface area contributed by atoms with Crippen molar-refractivity contribution in [2.45, 2.75) is 13.8 Å². The summed E-state index contributed by atoms with van der Waals surface area (Å²) in [5, 5.41) is 0. The van der Waals surface area contributed by atoms with Gasteiger partial charge < -0.3 is 10.3 Å². The molecule has 1 aliphatic rings. The van der Waals surface area contributed by atoms with Crippen LogP contribution in [0.15, 0.2) is 12.4 Å². The molecule has 0 radical (unpaired) electrons. The summed E-state index contributed by atoms with van der Waals surface area (Å²) >= 11 is 0. The van der Waals surface area contributed by atoms with Crippen LogP contribution >= 0.6 is 0 Å². The monoisotopic (exact) mass is 278 g/mol. The molecule has 7 nitrogen and oxygen atoms in total. The van der Waals surface area contributed by atoms with Gasteiger partial charge in [0.05, 0.1) is 12.4 Å². The normalized spacial score (nSPS) is 16.5. The molecule has 7 heteroatoms. The van der Waals surface area contributed by atoms with E-state index in [0.717, 1.165) is 32.7 Å². The van der Waals surface area contributed by atoms with Crippen molar-refractivity contribution in [2.24, 2.45) is 11.8 Å². The van der Waals surface area contributed by atoms with Crippen LogP contribution in [0.1, 0.15) is 24.3 Å². The molecule has 1 fully saturated rings. The second-order valence-electron chi connectivity index (χ2n) is 5.42. The zero-order chi connectivity index (χ0) is 14.5. The third kappa shape index (κ3) is 3.64. The number of aromatic nitrogens is 2. The van der Waals surface area contributed by atoms with Gasteiger partial charge in [-0.2, -0.15) is 0 Å². The molecule has 3 N–H and O–H groups in total. The number of rotatable bonds is 4. The molecule has 0 spiro atoms. The molecule has 20 heavy (non-hydrogen) atoms. The van der Waals surface area contributed by atoms with Crippen molar-refractivity contribution < 1.29 is 4.79 Å². The van der Waals surface area contributed by atoms with Gasteiger partial charge in [0.1, 0.15) is 5.69 Å². The third-order valence-corrected chi connectivity index (χ3v) is 3.30. The molecule has 110 valence electrons. The molecule has 1 saturated heterocycles. The summed E-state index contributed by atoms with van der Waals surface area (Å²) in [6.07, 6.45) is 2.92. The van der Waals surface area contributed by atoms with Crippen LogP contribution in [0.5, 0.6) is 0 Å². The maximum absolute atomic E-state index is 12.3. The van der Waals surface area contributed by atoms with E-state index in [-0.39, 0.29) is 5.91 Å². The molecule has 0 unspecified atom stereocenters. The molecule has 0 aliphatic carbocycles. The molecular weight excluding hydrogens is 256 g/mol. The fraction of sp³-hybridized carbons (Fsp3) is 0.615. The topological polar surface area (TPSA) is 87.4 Å². The number of hydrazine groups is 1. The number of hydrogen-bond acceptors (Lipinski definition) is 6. The molecule has 2 heterocycles. The van der Waals surface area contributed by atoms with Crippen LogP contribution in [-0.4, -0.2) is 58.4 Å². The lowest BCUT2D eigenvalue weighted by Crippen LogP contribution is -2.49. The van der Waals surface area contributed by atoms with E-state index in [4.69, 9.17) is 5.84 Å². The molecule has 1 aliphatic heterocycles. The Morgan fingerprint density at radius 3 is 2.50 bits per heavy atom. The van der Waals surface area contributed by atoms with Crippen LogP contribution < -0.4 is 11.3 Å². The SMILES string of the molecule is CC(C)CN1CCN(C(=O)c2cnc(NN)cn2)CC1. The van der Waals surface area contributed by atoms with Crippen molar-refractivity contribution in [3.8, 4) is 0 Å². The Hall–Kier alpha value is -1.73. The van der Waals surface area contributed by atoms with E-state index in [0.29, 0.717) is 17.4 Å². The van der Waals surface area contributed by atoms with Gasteiger partial charge in [-0.1, -0.05) is 13.8 Å². The molecule has 0 saturated carbocycles. The molecule has 1 aromatic rings. The minimum atomic E-state index is -0.0646. The molecule has 0 bridgehead atoms. The molecule has 0 atom stereocenters. The summed E-state index contributed by atoms with van der Waals surface area (Å²) in [6.45, 7) is 8.81. The zero-order valence-corrected chi connectivity index (χ0v) is 12.0. The average Bonchev–Trinajstić information content (AvgIpc) is 2.47. The lowest BCUT2D eigenvalue weighted by Gasteiger charge is -2.35. The van der Waals surface area contributed by atoms with Crippen LogP contribution in [0.4, 0.5) is 5.82 Å². The zero-order valence-electron chi connectivity index (χ0n) is 12.0. The number of nitrogens with one attached hydrogen (secondary N) is 1. The smallest absolute Gasteiger partial charge is 0.274 e. The van der Waals surface area contributed by atoms with E-state index in [1.165, 1.54) is 12.4 Å². The van der Waals surface area contributed by atoms with Gasteiger partial charge >= 0.3 is 0 Å². The fourth-order valence-electron chi connectivity index (χ4n) is 2.32. The highest BCUT2D eigenvalue weighted by atomic mass is 16.2. The van der Waals surface area contributed by atoms with Gasteiger partial charge in [0.15, 0.2) is 5.82 Å². The van der Waals surface area contributed by atoms with E-state index in [9.17, 15) is 4.79 Å². The second kappa shape index (κ2) is 6.62. The van der Waals surface area contributed by atoms with E-state index in [1.54, 1.807) is 0 Å². The van der Waals surface area contributed by atoms with Crippen molar-refractivity contribution in [3.05, 3.63) is 18.1 Å². The predicted molar refractivity (Wildman–Crippen MR) is 77.0 cm³/mol. The van der Waals surface area contributed by atoms with Crippen LogP contribution in [0.2, 0.25) is 0 Å². The Balaban J connectivity index is 1.90. The average molecular weight is 278 g/mol. The minimum absolute atomic E-state index is 0.0646. The number of amides is 1. The van der Waals surface area contributed by atoms with E-state index >= 15 is 0 Å². The maximum atomic E-state index is 12.3. The number of carbonyl (C=O) groups is 1. The molecule has 0 aromatic carbocycles. The van der Waals surface area contributed by atoms with Crippen molar-refractivity contribution in [3.63, 3.8) is 0 Å². The summed E-state index contributed by atoms with van der Waals surface area (Å²) < 4.78 is 0. The van der Waals surface area contributed by atoms with Crippen LogP contribution in [0.25, 0.3) is 0 Å². The highest BCUT2D eigenvalue weighted by molar-refractivity contribution is 5.92. The summed E-state index contributed by atoms with van der Waals surface area (Å²) in [5.74, 6) is 6.26. The Morgan fingerprint density at radius 2 is 2.00 bits per heavy atom. The fourth-order valence-corrected chi connectivity index (χ4v) is 2.32. The van der Waals surface area contributed by atoms with Crippen molar-refractivity contribution in [2.75, 3.05) is 38.1 Å². The van der Waals surface area contributed by atoms with Gasteiger partial charge in [-0.15, -0.1) is 0 Å². The molecule has 2 rings (SSSR count). The van der Waals surface area contributed by atoms with Crippen LogP contribution in [0.3, 0.4) is 0 Å². The first-order valence-corrected chi connectivity index (χ1v) is 6.90. The Labute approximate surface area is 119 Å². The number of anilines is 1. The molecule has 1 amide bonds. The highest BCUT2D eigenvalue weighted by Gasteiger charge is 2.23. The van der Waals surface area contributed by atoms with E-state index < -0.39 is 0 Å². The Bertz CT molecular complexity index is 439. The van der Waals surface area contributed by atoms with Crippen LogP contribution in [0, 0.1) is 5.92 Å². The van der Waals surface area contributed by atoms with E-state index in [2.05, 4.69) is 34.1 Å². The number of piperazine rings is 1. The van der Waals surface area contributed by atoms with Gasteiger partial charge in [0, 0.05) is 32.7 Å². The second-order valence-corrected chi connectivity index (χ2v) is 5.42. The first kappa shape index (κ1) is 14.7. The summed E-state index contributed by atoms with van der Waals surface area (Å²) in [5.41, 5.74) is 2.75. The lowest BCUT2D eigenvalue weighted by molar-refractivity contribution is 0.0617. The number of nitrogens with zero attached hydrogens (tertiary/aromatic N) is 4. The summed E-state index contributed by atoms with van der Waals surface area (Å²) in [4.78, 5) is 24.6. The number of nitrogens with two attached hydrogens (primary N) is 1. The Kier molecular flexibility index (Phi) is 4.86. The first-order valence-electron chi connectivity index (χ1n) is 6.90. The van der Waals surface area contributed by atoms with Gasteiger partial charge in [-0.25, -0.2) is 15.8 Å². The van der Waals surface area contributed by atoms with Crippen molar-refractivity contribution in [1.29, 1.82) is 0 Å². The minimum Gasteiger partial charge on any atom is -0.335 e. The molecule has 1 aromatic heterocycles. The summed E-state index contributed by atoms with van der Waals surface area (Å²) in [7, 11) is 0. The van der Waals surface area contributed by atoms with E-state index in [1.807, 2.05) is 4.90 Å². The van der Waals surface area contributed by atoms with Gasteiger partial charge in [-0.05, 0) is 5.92 Å². The largest absolute Gasteiger partial charge is 0.335 e. The summed E-state index contributed by atoms with van der Waals surface area (Å²) in [6, 6.07) is 0. The number of hydrogen-bond donors (Lipinski definition) is 2. The van der Waals surface area contributed by atoms with Gasteiger partial charge in [0.2, 0.25) is 0 Å². The quantitative estimate of drug-likeness (QED) is 0.603. The number of nitrogen functional groups attached to an aromatic ring is 1. The Morgan fingerprint density at radius 1 is 1.30 bits per heavy atom. The van der Waals surface area contributed by atoms with Crippen LogP contribution in [-0.2, 0) is 0 Å². The highest BCUT2D eigenvalue weighted by Crippen LogP contribution is 2.09. The standard InChI is InChI=1S/C13H22N6O/c1-10(2)9-18-3-5-19(6-4-18)13(20)11-7-16-12(17-14)8-15-11/h7-8,10H,3-6,9,14H2,1-2H3,(H,16,17). The first-order chi connectivity index (χ1) is 9.60. The third-order valence-electron chi connectivity index (χ3n) is 3.30. The van der Waals surface area contributed by atoms with Gasteiger partial charge in [0.25, 0.3) is 5.91 Å². The predicted octanol–water partition coefficient (Wildman–Crippen LogP) is 0.176. The lowest BCUT2D eigenvalue weighted by atomic mass is 10.2. The van der Waals surface area contributed by atoms with Crippen molar-refractivity contribution in [1.82, 2.24) is 19.8 Å². The maximum Gasteiger partial charge on any atom is 0.274 e. The molecular formula is C13H22N6O. The number of carbonyl (C=O) groups excluding carboxylic acids is 1. The van der Waals surface area contributed by atoms with Gasteiger partial charge in [-0.3, -0.25) is 9.69 Å². The van der Waals surface area contributed by atoms with Crippen molar-refractivity contribution >= 4 is 11.7 Å².